The van der Waals surface area contributed by atoms with Crippen molar-refractivity contribution in [3.63, 3.8) is 0 Å². The molecule has 0 saturated heterocycles. The van der Waals surface area contributed by atoms with Crippen LogP contribution in [0.5, 0.6) is 0 Å². The molecule has 6 aromatic rings. The molecular weight excluding hydrogens is 705 g/mol. The van der Waals surface area contributed by atoms with E-state index in [0.717, 1.165) is 59.9 Å². The van der Waals surface area contributed by atoms with Crippen molar-refractivity contribution in [2.75, 3.05) is 14.2 Å². The number of esters is 2. The molecule has 0 unspecified atom stereocenters. The van der Waals surface area contributed by atoms with Crippen LogP contribution in [-0.4, -0.2) is 48.3 Å². The summed E-state index contributed by atoms with van der Waals surface area (Å²) in [6.45, 7) is 0. The fourth-order valence-corrected chi connectivity index (χ4v) is 11.2. The quantitative estimate of drug-likeness (QED) is 0.127. The molecule has 0 bridgehead atoms. The van der Waals surface area contributed by atoms with Gasteiger partial charge in [0, 0.05) is 48.8 Å². The molecule has 6 rings (SSSR count). The maximum absolute atomic E-state index is 12.3. The predicted octanol–water partition coefficient (Wildman–Crippen LogP) is 9.22. The molecule has 0 fully saturated rings. The van der Waals surface area contributed by atoms with E-state index in [4.69, 9.17) is 9.47 Å². The lowest BCUT2D eigenvalue weighted by Crippen LogP contribution is -2.04. The molecule has 0 spiro atoms. The Kier molecular flexibility index (Phi) is 9.36. The van der Waals surface area contributed by atoms with Crippen molar-refractivity contribution >= 4 is 91.9 Å². The number of carbonyl (C=O) groups excluding carboxylic acids is 2. The highest BCUT2D eigenvalue weighted by Crippen LogP contribution is 2.48. The summed E-state index contributed by atoms with van der Waals surface area (Å²) < 4.78 is 9.88. The van der Waals surface area contributed by atoms with Crippen LogP contribution in [0.2, 0.25) is 0 Å². The van der Waals surface area contributed by atoms with E-state index in [0.29, 0.717) is 0 Å². The van der Waals surface area contributed by atoms with E-state index in [9.17, 15) is 29.4 Å². The number of carboxylic acid groups (broad SMARTS) is 2. The summed E-state index contributed by atoms with van der Waals surface area (Å²) >= 11 is 8.60. The number of carboxylic acids is 2. The lowest BCUT2D eigenvalue weighted by atomic mass is 10.1. The highest BCUT2D eigenvalue weighted by molar-refractivity contribution is 7.30. The molecule has 0 atom stereocenters. The van der Waals surface area contributed by atoms with Gasteiger partial charge >= 0.3 is 23.9 Å². The molecular formula is C32H22O8S6. The molecule has 234 valence electrons. The van der Waals surface area contributed by atoms with Crippen molar-refractivity contribution in [1.29, 1.82) is 0 Å². The first kappa shape index (κ1) is 32.0. The molecule has 6 aromatic heterocycles. The summed E-state index contributed by atoms with van der Waals surface area (Å²) in [7, 11) is 2.71. The molecule has 0 aliphatic rings. The lowest BCUT2D eigenvalue weighted by Gasteiger charge is -2.01. The Labute approximate surface area is 286 Å². The summed E-state index contributed by atoms with van der Waals surface area (Å²) in [4.78, 5) is 57.2. The standard InChI is InChI=1S/C32H22O8S6/c1-39-27(33)13-15-11-25(19-5-9-23(43-19)31(35)36)45-29(15)21-7-3-17(41-21)18-4-8-22(42-18)30-16(14-28(34)40-2)12-26(46-30)20-6-10-24(44-20)32(37)38/h3-12H,13-14H2,1-2H3,(H,35,36)(H,37,38). The Morgan fingerprint density at radius 3 is 1.20 bits per heavy atom. The zero-order chi connectivity index (χ0) is 32.5. The van der Waals surface area contributed by atoms with Crippen molar-refractivity contribution in [3.05, 3.63) is 81.5 Å². The molecule has 0 radical (unpaired) electrons. The summed E-state index contributed by atoms with van der Waals surface area (Å²) in [6.07, 6.45) is 0.190. The Morgan fingerprint density at radius 2 is 0.848 bits per heavy atom. The number of aromatic carboxylic acids is 2. The van der Waals surface area contributed by atoms with Gasteiger partial charge in [-0.05, 0) is 71.8 Å². The molecule has 0 amide bonds. The molecule has 0 aromatic carbocycles. The zero-order valence-corrected chi connectivity index (χ0v) is 28.9. The van der Waals surface area contributed by atoms with E-state index < -0.39 is 11.9 Å². The van der Waals surface area contributed by atoms with Crippen LogP contribution in [0.15, 0.2) is 60.7 Å². The van der Waals surface area contributed by atoms with E-state index in [2.05, 4.69) is 0 Å². The highest BCUT2D eigenvalue weighted by atomic mass is 32.1. The van der Waals surface area contributed by atoms with Crippen molar-refractivity contribution in [1.82, 2.24) is 0 Å². The monoisotopic (exact) mass is 726 g/mol. The maximum Gasteiger partial charge on any atom is 0.345 e. The smallest absolute Gasteiger partial charge is 0.345 e. The van der Waals surface area contributed by atoms with E-state index >= 15 is 0 Å². The first-order valence-electron chi connectivity index (χ1n) is 13.4. The highest BCUT2D eigenvalue weighted by Gasteiger charge is 2.22. The van der Waals surface area contributed by atoms with Gasteiger partial charge in [-0.25, -0.2) is 9.59 Å². The molecule has 2 N–H and O–H groups in total. The SMILES string of the molecule is COC(=O)Cc1cc(-c2ccc(C(=O)O)s2)sc1-c1ccc(-c2ccc(-c3sc(-c4ccc(C(=O)O)s4)cc3CC(=O)OC)s2)s1. The molecule has 14 heteroatoms. The van der Waals surface area contributed by atoms with Crippen molar-refractivity contribution in [2.45, 2.75) is 12.8 Å². The van der Waals surface area contributed by atoms with Crippen LogP contribution in [-0.2, 0) is 31.9 Å². The minimum Gasteiger partial charge on any atom is -0.477 e. The van der Waals surface area contributed by atoms with Gasteiger partial charge in [0.2, 0.25) is 0 Å². The first-order chi connectivity index (χ1) is 22.1. The maximum atomic E-state index is 12.3. The average molecular weight is 727 g/mol. The fraction of sp³-hybridized carbons (Fsp3) is 0.125. The summed E-state index contributed by atoms with van der Waals surface area (Å²) in [6, 6.07) is 18.7. The second-order valence-corrected chi connectivity index (χ2v) is 16.1. The van der Waals surface area contributed by atoms with Gasteiger partial charge in [0.05, 0.1) is 27.1 Å². The molecule has 8 nitrogen and oxygen atoms in total. The van der Waals surface area contributed by atoms with Crippen molar-refractivity contribution in [2.24, 2.45) is 0 Å². The van der Waals surface area contributed by atoms with Gasteiger partial charge in [0.1, 0.15) is 9.75 Å². The summed E-state index contributed by atoms with van der Waals surface area (Å²) in [5, 5.41) is 18.7. The van der Waals surface area contributed by atoms with Crippen LogP contribution in [0.4, 0.5) is 0 Å². The third-order valence-electron chi connectivity index (χ3n) is 6.76. The topological polar surface area (TPSA) is 127 Å². The molecule has 0 saturated carbocycles. The van der Waals surface area contributed by atoms with Crippen LogP contribution in [0.25, 0.3) is 48.8 Å². The number of rotatable bonds is 11. The van der Waals surface area contributed by atoms with Gasteiger partial charge in [-0.3, -0.25) is 9.59 Å². The number of carbonyl (C=O) groups is 4. The molecule has 46 heavy (non-hydrogen) atoms. The lowest BCUT2D eigenvalue weighted by molar-refractivity contribution is -0.140. The second kappa shape index (κ2) is 13.4. The Hall–Kier alpha value is -3.92. The Balaban J connectivity index is 1.33. The largest absolute Gasteiger partial charge is 0.477 e. The van der Waals surface area contributed by atoms with E-state index in [1.54, 1.807) is 46.9 Å². The number of thiophene rings is 6. The van der Waals surface area contributed by atoms with Gasteiger partial charge in [-0.1, -0.05) is 0 Å². The number of ether oxygens (including phenoxy) is 2. The summed E-state index contributed by atoms with van der Waals surface area (Å²) in [5.41, 5.74) is 1.63. The third kappa shape index (κ3) is 6.63. The van der Waals surface area contributed by atoms with Crippen molar-refractivity contribution in [3.8, 4) is 48.8 Å². The third-order valence-corrected chi connectivity index (χ3v) is 14.4. The Bertz CT molecular complexity index is 1950. The van der Waals surface area contributed by atoms with Crippen LogP contribution >= 0.6 is 68.0 Å². The van der Waals surface area contributed by atoms with Crippen LogP contribution < -0.4 is 0 Å². The molecule has 6 heterocycles. The summed E-state index contributed by atoms with van der Waals surface area (Å²) in [5.74, 6) is -2.67. The van der Waals surface area contributed by atoms with E-state index in [1.165, 1.54) is 59.6 Å². The predicted molar refractivity (Wildman–Crippen MR) is 186 cm³/mol. The second-order valence-electron chi connectivity index (χ2n) is 9.70. The molecule has 0 aliphatic heterocycles. The number of hydrogen-bond acceptors (Lipinski definition) is 12. The Morgan fingerprint density at radius 1 is 0.500 bits per heavy atom. The van der Waals surface area contributed by atoms with Crippen LogP contribution in [0.1, 0.15) is 30.5 Å². The molecule has 0 aliphatic carbocycles. The van der Waals surface area contributed by atoms with Crippen LogP contribution in [0.3, 0.4) is 0 Å². The van der Waals surface area contributed by atoms with E-state index in [1.807, 2.05) is 36.4 Å². The minimum atomic E-state index is -0.976. The zero-order valence-electron chi connectivity index (χ0n) is 24.0. The van der Waals surface area contributed by atoms with Gasteiger partial charge in [0.15, 0.2) is 0 Å². The van der Waals surface area contributed by atoms with Crippen LogP contribution in [0, 0.1) is 0 Å². The number of methoxy groups -OCH3 is 2. The average Bonchev–Trinajstić information content (AvgIpc) is 3.86. The fourth-order valence-electron chi connectivity index (χ4n) is 4.59. The normalized spacial score (nSPS) is 11.1. The minimum absolute atomic E-state index is 0.0950. The van der Waals surface area contributed by atoms with Crippen molar-refractivity contribution < 1.29 is 38.9 Å². The van der Waals surface area contributed by atoms with Gasteiger partial charge < -0.3 is 19.7 Å². The van der Waals surface area contributed by atoms with Gasteiger partial charge in [-0.2, -0.15) is 0 Å². The first-order valence-corrected chi connectivity index (χ1v) is 18.3. The van der Waals surface area contributed by atoms with Gasteiger partial charge in [-0.15, -0.1) is 68.0 Å². The van der Waals surface area contributed by atoms with Gasteiger partial charge in [0.25, 0.3) is 0 Å². The number of hydrogen-bond donors (Lipinski definition) is 2. The van der Waals surface area contributed by atoms with E-state index in [-0.39, 0.29) is 34.5 Å².